The van der Waals surface area contributed by atoms with E-state index >= 15 is 0 Å². The number of piperazine rings is 1. The molecule has 23 heavy (non-hydrogen) atoms. The van der Waals surface area contributed by atoms with Gasteiger partial charge in [0.15, 0.2) is 0 Å². The van der Waals surface area contributed by atoms with Crippen molar-refractivity contribution in [1.29, 1.82) is 0 Å². The highest BCUT2D eigenvalue weighted by Gasteiger charge is 2.35. The van der Waals surface area contributed by atoms with E-state index in [1.807, 2.05) is 17.9 Å². The summed E-state index contributed by atoms with van der Waals surface area (Å²) >= 11 is 0. The Hall–Kier alpha value is -2.11. The fraction of sp³-hybridized carbons (Fsp3) is 0.529. The van der Waals surface area contributed by atoms with Gasteiger partial charge in [0.25, 0.3) is 0 Å². The molecule has 1 saturated heterocycles. The van der Waals surface area contributed by atoms with E-state index in [0.717, 1.165) is 18.4 Å². The van der Waals surface area contributed by atoms with Crippen LogP contribution in [0.3, 0.4) is 0 Å². The van der Waals surface area contributed by atoms with Crippen LogP contribution in [0, 0.1) is 18.7 Å². The normalized spacial score (nSPS) is 18.0. The summed E-state index contributed by atoms with van der Waals surface area (Å²) in [7, 11) is 0. The first-order valence-corrected chi connectivity index (χ1v) is 8.10. The second kappa shape index (κ2) is 6.56. The second-order valence-corrected chi connectivity index (χ2v) is 6.35. The number of nitrogens with zero attached hydrogens (tertiary/aromatic N) is 2. The Morgan fingerprint density at radius 3 is 2.39 bits per heavy atom. The Morgan fingerprint density at radius 1 is 1.13 bits per heavy atom. The standard InChI is InChI=1S/C17H22FN3O2/c1-12-8-14(18)10-15(9-12)19-11-16(22)20-4-6-21(7-5-20)17(23)13-2-3-13/h8-10,13,19H,2-7,11H2,1H3. The number of halogens is 1. The average Bonchev–Trinajstić information content (AvgIpc) is 3.36. The Morgan fingerprint density at radius 2 is 1.78 bits per heavy atom. The molecule has 124 valence electrons. The zero-order chi connectivity index (χ0) is 16.4. The molecule has 3 rings (SSSR count). The molecular formula is C17H22FN3O2. The average molecular weight is 319 g/mol. The smallest absolute Gasteiger partial charge is 0.241 e. The zero-order valence-electron chi connectivity index (χ0n) is 13.3. The van der Waals surface area contributed by atoms with Crippen LogP contribution in [0.2, 0.25) is 0 Å². The molecule has 0 unspecified atom stereocenters. The maximum Gasteiger partial charge on any atom is 0.241 e. The Labute approximate surface area is 135 Å². The van der Waals surface area contributed by atoms with E-state index in [9.17, 15) is 14.0 Å². The van der Waals surface area contributed by atoms with Gasteiger partial charge in [-0.1, -0.05) is 0 Å². The van der Waals surface area contributed by atoms with Crippen LogP contribution in [-0.2, 0) is 9.59 Å². The minimum absolute atomic E-state index is 0.0227. The number of carbonyl (C=O) groups is 2. The van der Waals surface area contributed by atoms with E-state index < -0.39 is 0 Å². The van der Waals surface area contributed by atoms with E-state index in [2.05, 4.69) is 5.32 Å². The highest BCUT2D eigenvalue weighted by atomic mass is 19.1. The maximum absolute atomic E-state index is 13.3. The van der Waals surface area contributed by atoms with Gasteiger partial charge in [-0.25, -0.2) is 4.39 Å². The topological polar surface area (TPSA) is 52.7 Å². The predicted molar refractivity (Wildman–Crippen MR) is 85.5 cm³/mol. The molecule has 0 bridgehead atoms. The van der Waals surface area contributed by atoms with Gasteiger partial charge in [0.05, 0.1) is 6.54 Å². The fourth-order valence-corrected chi connectivity index (χ4v) is 2.89. The lowest BCUT2D eigenvalue weighted by molar-refractivity contribution is -0.139. The van der Waals surface area contributed by atoms with Gasteiger partial charge in [-0.05, 0) is 43.5 Å². The number of nitrogens with one attached hydrogen (secondary N) is 1. The second-order valence-electron chi connectivity index (χ2n) is 6.35. The minimum atomic E-state index is -0.313. The number of amides is 2. The van der Waals surface area contributed by atoms with Gasteiger partial charge in [-0.15, -0.1) is 0 Å². The van der Waals surface area contributed by atoms with Gasteiger partial charge >= 0.3 is 0 Å². The van der Waals surface area contributed by atoms with E-state index in [-0.39, 0.29) is 30.1 Å². The zero-order valence-corrected chi connectivity index (χ0v) is 13.3. The summed E-state index contributed by atoms with van der Waals surface area (Å²) in [6.45, 7) is 4.31. The molecule has 1 aliphatic carbocycles. The van der Waals surface area contributed by atoms with E-state index in [1.54, 1.807) is 4.90 Å². The highest BCUT2D eigenvalue weighted by Crippen LogP contribution is 2.31. The molecule has 0 radical (unpaired) electrons. The number of carbonyl (C=O) groups excluding carboxylic acids is 2. The van der Waals surface area contributed by atoms with E-state index in [0.29, 0.717) is 31.9 Å². The molecule has 0 spiro atoms. The minimum Gasteiger partial charge on any atom is -0.376 e. The highest BCUT2D eigenvalue weighted by molar-refractivity contribution is 5.83. The lowest BCUT2D eigenvalue weighted by Gasteiger charge is -2.35. The van der Waals surface area contributed by atoms with Gasteiger partial charge in [0.1, 0.15) is 5.82 Å². The molecule has 1 aromatic rings. The number of anilines is 1. The van der Waals surface area contributed by atoms with Crippen LogP contribution in [0.5, 0.6) is 0 Å². The van der Waals surface area contributed by atoms with Gasteiger partial charge in [0, 0.05) is 37.8 Å². The third-order valence-electron chi connectivity index (χ3n) is 4.36. The lowest BCUT2D eigenvalue weighted by Crippen LogP contribution is -2.52. The van der Waals surface area contributed by atoms with Crippen molar-refractivity contribution in [1.82, 2.24) is 9.80 Å². The largest absolute Gasteiger partial charge is 0.376 e. The van der Waals surface area contributed by atoms with Gasteiger partial charge in [-0.2, -0.15) is 0 Å². The molecule has 1 saturated carbocycles. The molecule has 1 aromatic carbocycles. The Balaban J connectivity index is 1.46. The Kier molecular flexibility index (Phi) is 4.50. The van der Waals surface area contributed by atoms with Gasteiger partial charge < -0.3 is 15.1 Å². The van der Waals surface area contributed by atoms with Crippen LogP contribution in [0.4, 0.5) is 10.1 Å². The van der Waals surface area contributed by atoms with Crippen molar-refractivity contribution in [2.45, 2.75) is 19.8 Å². The summed E-state index contributed by atoms with van der Waals surface area (Å²) in [4.78, 5) is 27.8. The van der Waals surface area contributed by atoms with Crippen molar-refractivity contribution < 1.29 is 14.0 Å². The van der Waals surface area contributed by atoms with Gasteiger partial charge in [0.2, 0.25) is 11.8 Å². The lowest BCUT2D eigenvalue weighted by atomic mass is 10.2. The van der Waals surface area contributed by atoms with Crippen molar-refractivity contribution in [3.8, 4) is 0 Å². The fourth-order valence-electron chi connectivity index (χ4n) is 2.89. The number of benzene rings is 1. The first-order valence-electron chi connectivity index (χ1n) is 8.10. The number of hydrogen-bond donors (Lipinski definition) is 1. The van der Waals surface area contributed by atoms with Crippen LogP contribution in [0.25, 0.3) is 0 Å². The quantitative estimate of drug-likeness (QED) is 0.918. The summed E-state index contributed by atoms with van der Waals surface area (Å²) in [5.41, 5.74) is 1.42. The van der Waals surface area contributed by atoms with Crippen molar-refractivity contribution >= 4 is 17.5 Å². The maximum atomic E-state index is 13.3. The Bertz CT molecular complexity index is 588. The number of rotatable bonds is 4. The molecule has 2 amide bonds. The SMILES string of the molecule is Cc1cc(F)cc(NCC(=O)N2CCN(C(=O)C3CC3)CC2)c1. The number of hydrogen-bond acceptors (Lipinski definition) is 3. The molecule has 0 aromatic heterocycles. The van der Waals surface area contributed by atoms with Gasteiger partial charge in [-0.3, -0.25) is 9.59 Å². The van der Waals surface area contributed by atoms with Crippen LogP contribution < -0.4 is 5.32 Å². The van der Waals surface area contributed by atoms with E-state index in [1.165, 1.54) is 12.1 Å². The molecule has 5 nitrogen and oxygen atoms in total. The molecule has 1 heterocycles. The summed E-state index contributed by atoms with van der Waals surface area (Å²) in [5.74, 6) is 0.137. The first kappa shape index (κ1) is 15.8. The molecule has 1 aliphatic heterocycles. The summed E-state index contributed by atoms with van der Waals surface area (Å²) < 4.78 is 13.3. The van der Waals surface area contributed by atoms with Crippen LogP contribution in [0.15, 0.2) is 18.2 Å². The van der Waals surface area contributed by atoms with Crippen LogP contribution >= 0.6 is 0 Å². The van der Waals surface area contributed by atoms with Crippen molar-refractivity contribution in [3.05, 3.63) is 29.6 Å². The van der Waals surface area contributed by atoms with Crippen molar-refractivity contribution in [2.75, 3.05) is 38.0 Å². The monoisotopic (exact) mass is 319 g/mol. The molecule has 0 atom stereocenters. The summed E-state index contributed by atoms with van der Waals surface area (Å²) in [5, 5.41) is 2.97. The van der Waals surface area contributed by atoms with E-state index in [4.69, 9.17) is 0 Å². The third kappa shape index (κ3) is 4.00. The molecular weight excluding hydrogens is 297 g/mol. The van der Waals surface area contributed by atoms with Crippen molar-refractivity contribution in [3.63, 3.8) is 0 Å². The van der Waals surface area contributed by atoms with Crippen LogP contribution in [0.1, 0.15) is 18.4 Å². The number of aryl methyl sites for hydroxylation is 1. The third-order valence-corrected chi connectivity index (χ3v) is 4.36. The summed E-state index contributed by atoms with van der Waals surface area (Å²) in [6, 6.07) is 4.64. The first-order chi connectivity index (χ1) is 11.0. The predicted octanol–water partition coefficient (Wildman–Crippen LogP) is 1.63. The summed E-state index contributed by atoms with van der Waals surface area (Å²) in [6.07, 6.45) is 2.02. The van der Waals surface area contributed by atoms with Crippen molar-refractivity contribution in [2.24, 2.45) is 5.92 Å². The molecule has 2 aliphatic rings. The molecule has 6 heteroatoms. The molecule has 1 N–H and O–H groups in total. The van der Waals surface area contributed by atoms with Crippen LogP contribution in [-0.4, -0.2) is 54.3 Å². The molecule has 2 fully saturated rings.